The number of amides is 1. The fourth-order valence-electron chi connectivity index (χ4n) is 1.57. The molecule has 112 valence electrons. The van der Waals surface area contributed by atoms with Crippen LogP contribution in [-0.2, 0) is 11.2 Å². The van der Waals surface area contributed by atoms with Crippen LogP contribution in [0.4, 0.5) is 22.0 Å². The molecule has 8 heteroatoms. The first-order valence-corrected chi connectivity index (χ1v) is 6.11. The fraction of sp³-hybridized carbons (Fsp3) is 0.417. The van der Waals surface area contributed by atoms with Gasteiger partial charge in [0, 0.05) is 18.0 Å². The van der Waals surface area contributed by atoms with Crippen LogP contribution >= 0.6 is 11.6 Å². The highest BCUT2D eigenvalue weighted by Gasteiger charge is 2.32. The number of carbonyl (C=O) groups excluding carboxylic acids is 1. The van der Waals surface area contributed by atoms with Crippen LogP contribution in [0.15, 0.2) is 18.2 Å². The van der Waals surface area contributed by atoms with E-state index >= 15 is 0 Å². The Bertz CT molecular complexity index is 477. The molecule has 0 N–H and O–H groups in total. The number of rotatable bonds is 5. The van der Waals surface area contributed by atoms with Crippen molar-refractivity contribution in [3.8, 4) is 0 Å². The Morgan fingerprint density at radius 2 is 1.90 bits per heavy atom. The van der Waals surface area contributed by atoms with E-state index in [4.69, 9.17) is 11.6 Å². The van der Waals surface area contributed by atoms with E-state index in [1.807, 2.05) is 0 Å². The number of benzene rings is 1. The number of alkyl halides is 4. The average molecular weight is 316 g/mol. The lowest BCUT2D eigenvalue weighted by molar-refractivity contribution is -0.160. The van der Waals surface area contributed by atoms with Gasteiger partial charge in [0.1, 0.15) is 6.54 Å². The van der Waals surface area contributed by atoms with Gasteiger partial charge in [-0.1, -0.05) is 12.1 Å². The van der Waals surface area contributed by atoms with Crippen LogP contribution in [0.3, 0.4) is 0 Å². The Hall–Kier alpha value is -1.37. The van der Waals surface area contributed by atoms with Gasteiger partial charge in [-0.3, -0.25) is 4.79 Å². The SMILES string of the molecule is O=C(Cc1cccc(F)c1F)N(CCCl)CC(F)(F)F. The summed E-state index contributed by atoms with van der Waals surface area (Å²) in [6, 6.07) is 3.18. The molecule has 0 atom stereocenters. The van der Waals surface area contributed by atoms with Crippen LogP contribution < -0.4 is 0 Å². The van der Waals surface area contributed by atoms with Gasteiger partial charge in [0.15, 0.2) is 11.6 Å². The molecule has 1 rings (SSSR count). The van der Waals surface area contributed by atoms with E-state index < -0.39 is 36.7 Å². The van der Waals surface area contributed by atoms with Gasteiger partial charge in [-0.2, -0.15) is 13.2 Å². The molecule has 0 bridgehead atoms. The zero-order chi connectivity index (χ0) is 15.3. The van der Waals surface area contributed by atoms with Crippen molar-refractivity contribution in [3.05, 3.63) is 35.4 Å². The van der Waals surface area contributed by atoms with E-state index in [1.54, 1.807) is 0 Å². The van der Waals surface area contributed by atoms with E-state index in [-0.39, 0.29) is 18.0 Å². The lowest BCUT2D eigenvalue weighted by Crippen LogP contribution is -2.41. The first-order chi connectivity index (χ1) is 9.24. The van der Waals surface area contributed by atoms with Crippen molar-refractivity contribution >= 4 is 17.5 Å². The summed E-state index contributed by atoms with van der Waals surface area (Å²) in [6.07, 6.45) is -5.24. The summed E-state index contributed by atoms with van der Waals surface area (Å²) < 4.78 is 63.2. The number of nitrogens with zero attached hydrogens (tertiary/aromatic N) is 1. The molecule has 0 saturated carbocycles. The van der Waals surface area contributed by atoms with E-state index in [2.05, 4.69) is 0 Å². The molecule has 0 radical (unpaired) electrons. The Kier molecular flexibility index (Phi) is 5.74. The molecule has 0 fully saturated rings. The molecule has 1 aromatic rings. The van der Waals surface area contributed by atoms with Crippen molar-refractivity contribution in [2.75, 3.05) is 19.0 Å². The van der Waals surface area contributed by atoms with E-state index in [9.17, 15) is 26.7 Å². The molecule has 0 unspecified atom stereocenters. The minimum atomic E-state index is -4.58. The van der Waals surface area contributed by atoms with Crippen LogP contribution in [0.5, 0.6) is 0 Å². The summed E-state index contributed by atoms with van der Waals surface area (Å²) in [5, 5.41) is 0. The Morgan fingerprint density at radius 1 is 1.25 bits per heavy atom. The molecule has 0 saturated heterocycles. The quantitative estimate of drug-likeness (QED) is 0.604. The largest absolute Gasteiger partial charge is 0.406 e. The molecule has 2 nitrogen and oxygen atoms in total. The summed E-state index contributed by atoms with van der Waals surface area (Å²) in [7, 11) is 0. The molecular formula is C12H11ClF5NO. The maximum absolute atomic E-state index is 13.4. The molecule has 0 spiro atoms. The maximum atomic E-state index is 13.4. The molecule has 0 heterocycles. The van der Waals surface area contributed by atoms with Crippen molar-refractivity contribution in [1.82, 2.24) is 4.90 Å². The molecule has 0 aliphatic heterocycles. The van der Waals surface area contributed by atoms with Crippen LogP contribution in [0.1, 0.15) is 5.56 Å². The van der Waals surface area contributed by atoms with E-state index in [1.165, 1.54) is 6.07 Å². The number of hydrogen-bond donors (Lipinski definition) is 0. The van der Waals surface area contributed by atoms with Gasteiger partial charge < -0.3 is 4.90 Å². The van der Waals surface area contributed by atoms with Gasteiger partial charge in [0.05, 0.1) is 6.42 Å². The number of carbonyl (C=O) groups is 1. The highest BCUT2D eigenvalue weighted by Crippen LogP contribution is 2.18. The Morgan fingerprint density at radius 3 is 2.45 bits per heavy atom. The molecule has 0 aliphatic rings. The lowest BCUT2D eigenvalue weighted by Gasteiger charge is -2.23. The number of hydrogen-bond acceptors (Lipinski definition) is 1. The second kappa shape index (κ2) is 6.88. The van der Waals surface area contributed by atoms with Gasteiger partial charge in [0.25, 0.3) is 0 Å². The minimum absolute atomic E-state index is 0.187. The standard InChI is InChI=1S/C12H11ClF5NO/c13-4-5-19(7-12(16,17)18)10(20)6-8-2-1-3-9(14)11(8)15/h1-3H,4-7H2. The highest BCUT2D eigenvalue weighted by molar-refractivity contribution is 6.18. The van der Waals surface area contributed by atoms with E-state index in [0.717, 1.165) is 12.1 Å². The first-order valence-electron chi connectivity index (χ1n) is 5.58. The Labute approximate surface area is 117 Å². The number of halogens is 6. The normalized spacial score (nSPS) is 11.5. The maximum Gasteiger partial charge on any atom is 0.406 e. The molecule has 1 amide bonds. The van der Waals surface area contributed by atoms with Crippen LogP contribution in [0.25, 0.3) is 0 Å². The van der Waals surface area contributed by atoms with Gasteiger partial charge in [-0.05, 0) is 6.07 Å². The summed E-state index contributed by atoms with van der Waals surface area (Å²) in [5.74, 6) is -3.55. The molecule has 20 heavy (non-hydrogen) atoms. The topological polar surface area (TPSA) is 20.3 Å². The Balaban J connectivity index is 2.83. The summed E-state index contributed by atoms with van der Waals surface area (Å²) in [5.41, 5.74) is -0.295. The minimum Gasteiger partial charge on any atom is -0.332 e. The van der Waals surface area contributed by atoms with Crippen molar-refractivity contribution in [3.63, 3.8) is 0 Å². The van der Waals surface area contributed by atoms with Crippen molar-refractivity contribution in [2.45, 2.75) is 12.6 Å². The van der Waals surface area contributed by atoms with Gasteiger partial charge >= 0.3 is 6.18 Å². The van der Waals surface area contributed by atoms with Crippen molar-refractivity contribution < 1.29 is 26.7 Å². The zero-order valence-electron chi connectivity index (χ0n) is 10.2. The highest BCUT2D eigenvalue weighted by atomic mass is 35.5. The predicted molar refractivity (Wildman–Crippen MR) is 63.4 cm³/mol. The van der Waals surface area contributed by atoms with E-state index in [0.29, 0.717) is 4.90 Å². The molecule has 0 aromatic heterocycles. The third-order valence-corrected chi connectivity index (χ3v) is 2.62. The first kappa shape index (κ1) is 16.7. The van der Waals surface area contributed by atoms with Crippen molar-refractivity contribution in [1.29, 1.82) is 0 Å². The average Bonchev–Trinajstić information content (AvgIpc) is 2.33. The molecular weight excluding hydrogens is 305 g/mol. The smallest absolute Gasteiger partial charge is 0.332 e. The predicted octanol–water partition coefficient (Wildman–Crippen LogP) is 3.14. The monoisotopic (exact) mass is 315 g/mol. The van der Waals surface area contributed by atoms with Gasteiger partial charge in [0.2, 0.25) is 5.91 Å². The lowest BCUT2D eigenvalue weighted by atomic mass is 10.1. The fourth-order valence-corrected chi connectivity index (χ4v) is 1.77. The summed E-state index contributed by atoms with van der Waals surface area (Å²) in [6.45, 7) is -1.80. The van der Waals surface area contributed by atoms with Crippen LogP contribution in [-0.4, -0.2) is 36.0 Å². The van der Waals surface area contributed by atoms with Crippen molar-refractivity contribution in [2.24, 2.45) is 0 Å². The van der Waals surface area contributed by atoms with Gasteiger partial charge in [-0.25, -0.2) is 8.78 Å². The summed E-state index contributed by atoms with van der Waals surface area (Å²) in [4.78, 5) is 12.2. The van der Waals surface area contributed by atoms with Crippen LogP contribution in [0, 0.1) is 11.6 Å². The zero-order valence-corrected chi connectivity index (χ0v) is 10.9. The van der Waals surface area contributed by atoms with Gasteiger partial charge in [-0.15, -0.1) is 11.6 Å². The summed E-state index contributed by atoms with van der Waals surface area (Å²) >= 11 is 5.33. The second-order valence-electron chi connectivity index (χ2n) is 4.01. The van der Waals surface area contributed by atoms with Crippen LogP contribution in [0.2, 0.25) is 0 Å². The molecule has 1 aromatic carbocycles. The third kappa shape index (κ3) is 4.96. The molecule has 0 aliphatic carbocycles. The second-order valence-corrected chi connectivity index (χ2v) is 4.39. The third-order valence-electron chi connectivity index (χ3n) is 2.45.